The van der Waals surface area contributed by atoms with Crippen LogP contribution < -0.4 is 10.6 Å². The molecule has 3 N–H and O–H groups in total. The molecule has 0 radical (unpaired) electrons. The van der Waals surface area contributed by atoms with Crippen LogP contribution in [0.25, 0.3) is 0 Å². The maximum atomic E-state index is 11.3. The Kier molecular flexibility index (Phi) is 5.83. The van der Waals surface area contributed by atoms with Gasteiger partial charge < -0.3 is 15.7 Å². The summed E-state index contributed by atoms with van der Waals surface area (Å²) in [7, 11) is 0. The summed E-state index contributed by atoms with van der Waals surface area (Å²) in [6.45, 7) is 4.03. The number of carbonyl (C=O) groups excluding carboxylic acids is 1. The van der Waals surface area contributed by atoms with Crippen molar-refractivity contribution in [2.45, 2.75) is 19.4 Å². The van der Waals surface area contributed by atoms with Crippen LogP contribution in [-0.2, 0) is 13.0 Å². The topological polar surface area (TPSA) is 64.6 Å². The highest BCUT2D eigenvalue weighted by Crippen LogP contribution is 2.18. The van der Waals surface area contributed by atoms with Crippen LogP contribution in [0.4, 0.5) is 4.79 Å². The molecular weight excluding hydrogens is 254 g/mol. The van der Waals surface area contributed by atoms with Gasteiger partial charge in [0.2, 0.25) is 0 Å². The van der Waals surface area contributed by atoms with Crippen LogP contribution in [0.2, 0.25) is 0 Å². The summed E-state index contributed by atoms with van der Waals surface area (Å²) in [6, 6.07) is 8.39. The van der Waals surface area contributed by atoms with E-state index in [1.807, 2.05) is 0 Å². The Bertz CT molecular complexity index is 437. The van der Waals surface area contributed by atoms with E-state index < -0.39 is 0 Å². The van der Waals surface area contributed by atoms with E-state index in [2.05, 4.69) is 39.8 Å². The number of amides is 2. The van der Waals surface area contributed by atoms with Crippen molar-refractivity contribution < 1.29 is 9.90 Å². The highest BCUT2D eigenvalue weighted by Gasteiger charge is 2.14. The van der Waals surface area contributed by atoms with Crippen molar-refractivity contribution in [1.82, 2.24) is 15.5 Å². The van der Waals surface area contributed by atoms with Gasteiger partial charge in [-0.1, -0.05) is 24.3 Å². The van der Waals surface area contributed by atoms with E-state index >= 15 is 0 Å². The zero-order chi connectivity index (χ0) is 14.2. The van der Waals surface area contributed by atoms with Gasteiger partial charge in [0, 0.05) is 32.7 Å². The molecular formula is C15H23N3O2. The molecule has 1 aromatic rings. The maximum Gasteiger partial charge on any atom is 0.314 e. The Morgan fingerprint density at radius 3 is 2.75 bits per heavy atom. The molecule has 0 saturated heterocycles. The maximum absolute atomic E-state index is 11.3. The van der Waals surface area contributed by atoms with Gasteiger partial charge in [0.15, 0.2) is 0 Å². The Morgan fingerprint density at radius 2 is 1.95 bits per heavy atom. The van der Waals surface area contributed by atoms with E-state index in [0.29, 0.717) is 13.1 Å². The highest BCUT2D eigenvalue weighted by molar-refractivity contribution is 5.73. The van der Waals surface area contributed by atoms with Crippen molar-refractivity contribution in [2.24, 2.45) is 0 Å². The molecule has 1 aliphatic rings. The number of carbonyl (C=O) groups is 1. The van der Waals surface area contributed by atoms with Crippen molar-refractivity contribution >= 4 is 6.03 Å². The van der Waals surface area contributed by atoms with Crippen LogP contribution in [0.15, 0.2) is 24.3 Å². The summed E-state index contributed by atoms with van der Waals surface area (Å²) in [5, 5.41) is 13.9. The number of benzene rings is 1. The van der Waals surface area contributed by atoms with E-state index in [1.54, 1.807) is 0 Å². The predicted octanol–water partition coefficient (Wildman–Crippen LogP) is 0.726. The third-order valence-corrected chi connectivity index (χ3v) is 3.54. The first-order valence-electron chi connectivity index (χ1n) is 7.21. The van der Waals surface area contributed by atoms with Gasteiger partial charge in [0.05, 0.1) is 6.61 Å². The predicted molar refractivity (Wildman–Crippen MR) is 78.5 cm³/mol. The molecule has 0 saturated carbocycles. The lowest BCUT2D eigenvalue weighted by atomic mass is 10.00. The molecule has 5 heteroatoms. The fourth-order valence-corrected chi connectivity index (χ4v) is 2.48. The van der Waals surface area contributed by atoms with E-state index in [9.17, 15) is 4.79 Å². The Hall–Kier alpha value is -1.59. The van der Waals surface area contributed by atoms with Gasteiger partial charge in [-0.25, -0.2) is 4.79 Å². The molecule has 0 aromatic heterocycles. The number of hydrogen-bond donors (Lipinski definition) is 3. The fourth-order valence-electron chi connectivity index (χ4n) is 2.48. The molecule has 0 fully saturated rings. The number of aliphatic hydroxyl groups is 1. The number of urea groups is 1. The first kappa shape index (κ1) is 14.8. The summed E-state index contributed by atoms with van der Waals surface area (Å²) >= 11 is 0. The standard InChI is InChI=1S/C15H23N3O2/c19-11-8-17-15(20)16-7-3-9-18-10-6-13-4-1-2-5-14(13)12-18/h1-2,4-5,19H,3,6-12H2,(H2,16,17,20). The average Bonchev–Trinajstić information content (AvgIpc) is 2.49. The van der Waals surface area contributed by atoms with Gasteiger partial charge >= 0.3 is 6.03 Å². The molecule has 20 heavy (non-hydrogen) atoms. The minimum atomic E-state index is -0.206. The van der Waals surface area contributed by atoms with Crippen LogP contribution in [0, 0.1) is 0 Å². The molecule has 2 rings (SSSR count). The molecule has 2 amide bonds. The van der Waals surface area contributed by atoms with Crippen molar-refractivity contribution in [2.75, 3.05) is 32.8 Å². The van der Waals surface area contributed by atoms with Crippen LogP contribution in [0.3, 0.4) is 0 Å². The monoisotopic (exact) mass is 277 g/mol. The molecule has 0 unspecified atom stereocenters. The van der Waals surface area contributed by atoms with E-state index in [1.165, 1.54) is 11.1 Å². The summed E-state index contributed by atoms with van der Waals surface area (Å²) in [5.41, 5.74) is 2.89. The van der Waals surface area contributed by atoms with Gasteiger partial charge in [-0.15, -0.1) is 0 Å². The number of rotatable bonds is 6. The lowest BCUT2D eigenvalue weighted by Crippen LogP contribution is -2.39. The number of fused-ring (bicyclic) bond motifs is 1. The van der Waals surface area contributed by atoms with Crippen molar-refractivity contribution in [3.05, 3.63) is 35.4 Å². The van der Waals surface area contributed by atoms with Gasteiger partial charge in [0.1, 0.15) is 0 Å². The molecule has 1 heterocycles. The van der Waals surface area contributed by atoms with Crippen LogP contribution in [0.1, 0.15) is 17.5 Å². The third-order valence-electron chi connectivity index (χ3n) is 3.54. The second-order valence-electron chi connectivity index (χ2n) is 5.05. The molecule has 0 aliphatic carbocycles. The lowest BCUT2D eigenvalue weighted by molar-refractivity contribution is 0.230. The van der Waals surface area contributed by atoms with Crippen molar-refractivity contribution in [1.29, 1.82) is 0 Å². The summed E-state index contributed by atoms with van der Waals surface area (Å²) in [6.07, 6.45) is 2.05. The molecule has 1 aromatic carbocycles. The number of aliphatic hydroxyl groups excluding tert-OH is 1. The van der Waals surface area contributed by atoms with Gasteiger partial charge in [-0.3, -0.25) is 4.90 Å². The molecule has 5 nitrogen and oxygen atoms in total. The normalized spacial score (nSPS) is 14.7. The highest BCUT2D eigenvalue weighted by atomic mass is 16.3. The molecule has 0 atom stereocenters. The van der Waals surface area contributed by atoms with E-state index in [0.717, 1.165) is 32.5 Å². The minimum Gasteiger partial charge on any atom is -0.395 e. The smallest absolute Gasteiger partial charge is 0.314 e. The van der Waals surface area contributed by atoms with Crippen LogP contribution in [0.5, 0.6) is 0 Å². The Labute approximate surface area is 120 Å². The summed E-state index contributed by atoms with van der Waals surface area (Å²) < 4.78 is 0. The van der Waals surface area contributed by atoms with Gasteiger partial charge in [-0.2, -0.15) is 0 Å². The van der Waals surface area contributed by atoms with Crippen LogP contribution in [-0.4, -0.2) is 48.8 Å². The average molecular weight is 277 g/mol. The molecule has 0 bridgehead atoms. The zero-order valence-electron chi connectivity index (χ0n) is 11.8. The van der Waals surface area contributed by atoms with Crippen molar-refractivity contribution in [3.8, 4) is 0 Å². The largest absolute Gasteiger partial charge is 0.395 e. The Balaban J connectivity index is 1.63. The summed E-state index contributed by atoms with van der Waals surface area (Å²) in [5.74, 6) is 0. The first-order valence-corrected chi connectivity index (χ1v) is 7.21. The second kappa shape index (κ2) is 7.87. The number of nitrogens with one attached hydrogen (secondary N) is 2. The van der Waals surface area contributed by atoms with E-state index in [4.69, 9.17) is 5.11 Å². The quantitative estimate of drug-likeness (QED) is 0.672. The minimum absolute atomic E-state index is 0.0272. The third kappa shape index (κ3) is 4.51. The number of nitrogens with zero attached hydrogens (tertiary/aromatic N) is 1. The lowest BCUT2D eigenvalue weighted by Gasteiger charge is -2.28. The van der Waals surface area contributed by atoms with Gasteiger partial charge in [0.25, 0.3) is 0 Å². The van der Waals surface area contributed by atoms with Gasteiger partial charge in [-0.05, 0) is 24.0 Å². The molecule has 1 aliphatic heterocycles. The zero-order valence-corrected chi connectivity index (χ0v) is 11.8. The SMILES string of the molecule is O=C(NCCO)NCCCN1CCc2ccccc2C1. The van der Waals surface area contributed by atoms with Crippen molar-refractivity contribution in [3.63, 3.8) is 0 Å². The first-order chi connectivity index (χ1) is 9.79. The molecule has 0 spiro atoms. The fraction of sp³-hybridized carbons (Fsp3) is 0.533. The van der Waals surface area contributed by atoms with E-state index in [-0.39, 0.29) is 12.6 Å². The molecule has 110 valence electrons. The van der Waals surface area contributed by atoms with Crippen LogP contribution >= 0.6 is 0 Å². The Morgan fingerprint density at radius 1 is 1.20 bits per heavy atom. The second-order valence-corrected chi connectivity index (χ2v) is 5.05. The number of hydrogen-bond acceptors (Lipinski definition) is 3. The summed E-state index contributed by atoms with van der Waals surface area (Å²) in [4.78, 5) is 13.7.